The van der Waals surface area contributed by atoms with E-state index in [9.17, 15) is 14.4 Å². The molecule has 0 unspecified atom stereocenters. The number of aliphatic carboxylic acids is 1. The summed E-state index contributed by atoms with van der Waals surface area (Å²) < 4.78 is 11.5. The third-order valence-corrected chi connectivity index (χ3v) is 5.93. The maximum atomic E-state index is 13.1. The van der Waals surface area contributed by atoms with Crippen molar-refractivity contribution in [3.05, 3.63) is 59.7 Å². The molecule has 0 spiro atoms. The highest BCUT2D eigenvalue weighted by Crippen LogP contribution is 2.44. The van der Waals surface area contributed by atoms with E-state index in [1.54, 1.807) is 6.92 Å². The fourth-order valence-corrected chi connectivity index (χ4v) is 4.38. The normalized spacial score (nSPS) is 14.4. The molecule has 0 aromatic heterocycles. The summed E-state index contributed by atoms with van der Waals surface area (Å²) in [5.74, 6) is -1.56. The lowest BCUT2D eigenvalue weighted by atomic mass is 9.98. The Labute approximate surface area is 206 Å². The number of carbonyl (C=O) groups is 3. The fourth-order valence-electron chi connectivity index (χ4n) is 4.38. The van der Waals surface area contributed by atoms with Crippen molar-refractivity contribution in [1.82, 2.24) is 10.2 Å². The zero-order valence-corrected chi connectivity index (χ0v) is 20.9. The van der Waals surface area contributed by atoms with Gasteiger partial charge in [-0.15, -0.1) is 0 Å². The number of hydrogen-bond acceptors (Lipinski definition) is 5. The molecule has 2 N–H and O–H groups in total. The summed E-state index contributed by atoms with van der Waals surface area (Å²) in [6.07, 6.45) is -1.61. The number of carbonyl (C=O) groups excluding carboxylic acids is 2. The number of benzene rings is 2. The first-order valence-electron chi connectivity index (χ1n) is 11.7. The highest BCUT2D eigenvalue weighted by atomic mass is 16.6. The standard InChI is InChI=1S/C27H34N2O6/c1-17(35-27(2,3)4)24(25(32)29(5)15-14-23(30)31)28-26(33)34-16-22-20-12-8-6-10-18(20)19-11-7-9-13-21(19)22/h6-13,17,22,24H,14-16H2,1-5H3,(H,28,33)(H,30,31)/t17-,24+/m1/s1. The lowest BCUT2D eigenvalue weighted by molar-refractivity contribution is -0.141. The van der Waals surface area contributed by atoms with Gasteiger partial charge in [-0.05, 0) is 49.9 Å². The van der Waals surface area contributed by atoms with Crippen LogP contribution in [0.15, 0.2) is 48.5 Å². The number of carboxylic acid groups (broad SMARTS) is 1. The van der Waals surface area contributed by atoms with E-state index < -0.39 is 35.7 Å². The third kappa shape index (κ3) is 6.60. The Morgan fingerprint density at radius 2 is 1.57 bits per heavy atom. The SMILES string of the molecule is C[C@@H](OC(C)(C)C)[C@H](NC(=O)OCC1c2ccccc2-c2ccccc21)C(=O)N(C)CCC(=O)O. The molecule has 3 rings (SSSR count). The van der Waals surface area contributed by atoms with Gasteiger partial charge >= 0.3 is 12.1 Å². The number of alkyl carbamates (subject to hydrolysis) is 1. The van der Waals surface area contributed by atoms with Crippen LogP contribution in [0, 0.1) is 0 Å². The van der Waals surface area contributed by atoms with E-state index in [-0.39, 0.29) is 25.5 Å². The van der Waals surface area contributed by atoms with E-state index in [4.69, 9.17) is 14.6 Å². The first-order chi connectivity index (χ1) is 16.5. The van der Waals surface area contributed by atoms with E-state index in [1.165, 1.54) is 11.9 Å². The second-order valence-electron chi connectivity index (χ2n) is 9.79. The van der Waals surface area contributed by atoms with Crippen molar-refractivity contribution in [3.8, 4) is 11.1 Å². The summed E-state index contributed by atoms with van der Waals surface area (Å²) in [5.41, 5.74) is 3.87. The smallest absolute Gasteiger partial charge is 0.407 e. The van der Waals surface area contributed by atoms with E-state index in [0.717, 1.165) is 22.3 Å². The fraction of sp³-hybridized carbons (Fsp3) is 0.444. The molecule has 35 heavy (non-hydrogen) atoms. The average molecular weight is 483 g/mol. The number of likely N-dealkylation sites (N-methyl/N-ethyl adjacent to an activating group) is 1. The largest absolute Gasteiger partial charge is 0.481 e. The van der Waals surface area contributed by atoms with Crippen LogP contribution in [0.25, 0.3) is 11.1 Å². The molecular weight excluding hydrogens is 448 g/mol. The number of nitrogens with one attached hydrogen (secondary N) is 1. The van der Waals surface area contributed by atoms with Crippen LogP contribution in [-0.4, -0.2) is 65.9 Å². The van der Waals surface area contributed by atoms with Crippen molar-refractivity contribution < 1.29 is 29.0 Å². The maximum Gasteiger partial charge on any atom is 0.407 e. The van der Waals surface area contributed by atoms with Crippen LogP contribution in [0.2, 0.25) is 0 Å². The molecule has 0 heterocycles. The number of nitrogens with zero attached hydrogens (tertiary/aromatic N) is 1. The van der Waals surface area contributed by atoms with Crippen LogP contribution in [0.5, 0.6) is 0 Å². The second kappa shape index (κ2) is 10.9. The quantitative estimate of drug-likeness (QED) is 0.559. The van der Waals surface area contributed by atoms with Crippen LogP contribution in [0.1, 0.15) is 51.2 Å². The van der Waals surface area contributed by atoms with Crippen LogP contribution in [0.4, 0.5) is 4.79 Å². The highest BCUT2D eigenvalue weighted by Gasteiger charge is 2.34. The van der Waals surface area contributed by atoms with Gasteiger partial charge in [-0.2, -0.15) is 0 Å². The van der Waals surface area contributed by atoms with Gasteiger partial charge in [0, 0.05) is 19.5 Å². The number of carboxylic acids is 1. The zero-order chi connectivity index (χ0) is 25.8. The lowest BCUT2D eigenvalue weighted by Gasteiger charge is -2.32. The van der Waals surface area contributed by atoms with Gasteiger partial charge in [0.2, 0.25) is 5.91 Å². The molecule has 2 aromatic rings. The monoisotopic (exact) mass is 482 g/mol. The molecule has 2 atom stereocenters. The van der Waals surface area contributed by atoms with Crippen LogP contribution in [0.3, 0.4) is 0 Å². The molecule has 8 nitrogen and oxygen atoms in total. The predicted molar refractivity (Wildman–Crippen MR) is 132 cm³/mol. The van der Waals surface area contributed by atoms with Gasteiger partial charge in [-0.1, -0.05) is 48.5 Å². The molecule has 0 saturated heterocycles. The van der Waals surface area contributed by atoms with Crippen molar-refractivity contribution in [2.45, 2.75) is 57.8 Å². The Morgan fingerprint density at radius 3 is 2.09 bits per heavy atom. The van der Waals surface area contributed by atoms with E-state index >= 15 is 0 Å². The Bertz CT molecular complexity index is 1030. The molecule has 1 aliphatic carbocycles. The summed E-state index contributed by atoms with van der Waals surface area (Å²) in [5, 5.41) is 11.6. The maximum absolute atomic E-state index is 13.1. The predicted octanol–water partition coefficient (Wildman–Crippen LogP) is 4.03. The van der Waals surface area contributed by atoms with Gasteiger partial charge in [0.15, 0.2) is 0 Å². The van der Waals surface area contributed by atoms with Crippen LogP contribution < -0.4 is 5.32 Å². The molecule has 0 bridgehead atoms. The average Bonchev–Trinajstić information content (AvgIpc) is 3.11. The molecule has 0 saturated carbocycles. The van der Waals surface area contributed by atoms with Crippen LogP contribution in [-0.2, 0) is 19.1 Å². The van der Waals surface area contributed by atoms with Crippen molar-refractivity contribution in [2.75, 3.05) is 20.2 Å². The van der Waals surface area contributed by atoms with E-state index in [0.29, 0.717) is 0 Å². The van der Waals surface area contributed by atoms with E-state index in [1.807, 2.05) is 57.2 Å². The summed E-state index contributed by atoms with van der Waals surface area (Å²) in [7, 11) is 1.50. The Morgan fingerprint density at radius 1 is 1.03 bits per heavy atom. The Hall–Kier alpha value is -3.39. The first kappa shape index (κ1) is 26.2. The van der Waals surface area contributed by atoms with Crippen molar-refractivity contribution in [2.24, 2.45) is 0 Å². The summed E-state index contributed by atoms with van der Waals surface area (Å²) >= 11 is 0. The summed E-state index contributed by atoms with van der Waals surface area (Å²) in [6, 6.07) is 15.0. The molecule has 2 amide bonds. The van der Waals surface area contributed by atoms with Gasteiger partial charge in [0.25, 0.3) is 0 Å². The molecule has 188 valence electrons. The Balaban J connectivity index is 1.71. The lowest BCUT2D eigenvalue weighted by Crippen LogP contribution is -2.55. The number of ether oxygens (including phenoxy) is 2. The number of hydrogen-bond donors (Lipinski definition) is 2. The van der Waals surface area contributed by atoms with Gasteiger partial charge < -0.3 is 24.8 Å². The molecule has 2 aromatic carbocycles. The molecule has 0 radical (unpaired) electrons. The molecule has 8 heteroatoms. The summed E-state index contributed by atoms with van der Waals surface area (Å²) in [4.78, 5) is 38.1. The Kier molecular flexibility index (Phi) is 8.17. The minimum absolute atomic E-state index is 0.0132. The van der Waals surface area contributed by atoms with Crippen LogP contribution >= 0.6 is 0 Å². The topological polar surface area (TPSA) is 105 Å². The van der Waals surface area contributed by atoms with Crippen molar-refractivity contribution in [1.29, 1.82) is 0 Å². The molecule has 1 aliphatic rings. The van der Waals surface area contributed by atoms with E-state index in [2.05, 4.69) is 17.4 Å². The highest BCUT2D eigenvalue weighted by molar-refractivity contribution is 5.86. The molecule has 0 aliphatic heterocycles. The number of fused-ring (bicyclic) bond motifs is 3. The third-order valence-electron chi connectivity index (χ3n) is 5.93. The first-order valence-corrected chi connectivity index (χ1v) is 11.7. The minimum Gasteiger partial charge on any atom is -0.481 e. The van der Waals surface area contributed by atoms with Gasteiger partial charge in [0.1, 0.15) is 12.6 Å². The van der Waals surface area contributed by atoms with Gasteiger partial charge in [0.05, 0.1) is 18.1 Å². The van der Waals surface area contributed by atoms with Crippen molar-refractivity contribution >= 4 is 18.0 Å². The number of amides is 2. The molecule has 0 fully saturated rings. The minimum atomic E-state index is -1.04. The zero-order valence-electron chi connectivity index (χ0n) is 20.9. The summed E-state index contributed by atoms with van der Waals surface area (Å²) in [6.45, 7) is 7.39. The number of rotatable bonds is 9. The molecular formula is C27H34N2O6. The van der Waals surface area contributed by atoms with Crippen molar-refractivity contribution in [3.63, 3.8) is 0 Å². The van der Waals surface area contributed by atoms with Gasteiger partial charge in [-0.3, -0.25) is 9.59 Å². The second-order valence-corrected chi connectivity index (χ2v) is 9.79. The van der Waals surface area contributed by atoms with Gasteiger partial charge in [-0.25, -0.2) is 4.79 Å².